The number of likely N-dealkylation sites (tertiary alicyclic amines) is 1. The van der Waals surface area contributed by atoms with Crippen molar-refractivity contribution in [1.29, 1.82) is 0 Å². The normalized spacial score (nSPS) is 21.7. The highest BCUT2D eigenvalue weighted by Gasteiger charge is 2.33. The average molecular weight is 462 g/mol. The number of halogens is 1. The molecule has 0 saturated carbocycles. The van der Waals surface area contributed by atoms with Crippen molar-refractivity contribution < 1.29 is 9.53 Å². The van der Waals surface area contributed by atoms with Crippen molar-refractivity contribution in [2.24, 2.45) is 5.92 Å². The van der Waals surface area contributed by atoms with Gasteiger partial charge in [0.1, 0.15) is 18.1 Å². The zero-order valence-corrected chi connectivity index (χ0v) is 18.8. The fourth-order valence-electron chi connectivity index (χ4n) is 4.09. The maximum absolute atomic E-state index is 12.5. The summed E-state index contributed by atoms with van der Waals surface area (Å²) in [5, 5.41) is 12.0. The first-order valence-electron chi connectivity index (χ1n) is 10.3. The Morgan fingerprint density at radius 2 is 2.21 bits per heavy atom. The lowest BCUT2D eigenvalue weighted by molar-refractivity contribution is -0.130. The highest BCUT2D eigenvalue weighted by molar-refractivity contribution is 9.10. The molecule has 4 rings (SSSR count). The lowest BCUT2D eigenvalue weighted by Crippen LogP contribution is -2.40. The van der Waals surface area contributed by atoms with E-state index in [0.717, 1.165) is 47.4 Å². The Morgan fingerprint density at radius 3 is 2.90 bits per heavy atom. The predicted octanol–water partition coefficient (Wildman–Crippen LogP) is 3.26. The number of carbonyl (C=O) groups excluding carboxylic acids is 1. The Kier molecular flexibility index (Phi) is 5.92. The summed E-state index contributed by atoms with van der Waals surface area (Å²) < 4.78 is 9.13. The molecule has 0 radical (unpaired) electrons. The number of hydrogen-bond acceptors (Lipinski definition) is 5. The van der Waals surface area contributed by atoms with Crippen molar-refractivity contribution in [2.75, 3.05) is 19.6 Å². The van der Waals surface area contributed by atoms with Gasteiger partial charge in [-0.05, 0) is 50.9 Å². The van der Waals surface area contributed by atoms with E-state index in [1.807, 2.05) is 34.8 Å². The molecule has 0 aliphatic carbocycles. The van der Waals surface area contributed by atoms with Gasteiger partial charge in [-0.3, -0.25) is 4.79 Å². The molecule has 1 unspecified atom stereocenters. The number of benzene rings is 1. The van der Waals surface area contributed by atoms with E-state index >= 15 is 0 Å². The van der Waals surface area contributed by atoms with Crippen LogP contribution in [0.1, 0.15) is 56.1 Å². The van der Waals surface area contributed by atoms with Crippen LogP contribution in [0.3, 0.4) is 0 Å². The van der Waals surface area contributed by atoms with E-state index in [9.17, 15) is 4.79 Å². The molecule has 1 aromatic carbocycles. The summed E-state index contributed by atoms with van der Waals surface area (Å²) in [7, 11) is 0. The van der Waals surface area contributed by atoms with Gasteiger partial charge in [0.25, 0.3) is 0 Å². The third-order valence-corrected chi connectivity index (χ3v) is 6.55. The van der Waals surface area contributed by atoms with Gasteiger partial charge in [0.2, 0.25) is 5.91 Å². The highest BCUT2D eigenvalue weighted by atomic mass is 79.9. The molecule has 2 aliphatic heterocycles. The first-order valence-corrected chi connectivity index (χ1v) is 11.1. The smallest absolute Gasteiger partial charge is 0.225 e. The molecule has 0 bridgehead atoms. The van der Waals surface area contributed by atoms with Gasteiger partial charge in [0.15, 0.2) is 0 Å². The van der Waals surface area contributed by atoms with E-state index in [4.69, 9.17) is 4.74 Å². The minimum absolute atomic E-state index is 0.0619. The Bertz CT molecular complexity index is 897. The Labute approximate surface area is 179 Å². The largest absolute Gasteiger partial charge is 0.487 e. The molecule has 29 heavy (non-hydrogen) atoms. The summed E-state index contributed by atoms with van der Waals surface area (Å²) >= 11 is 3.70. The number of nitrogens with one attached hydrogen (secondary N) is 1. The van der Waals surface area contributed by atoms with Gasteiger partial charge in [-0.15, -0.1) is 5.10 Å². The van der Waals surface area contributed by atoms with E-state index in [1.54, 1.807) is 0 Å². The number of aromatic nitrogens is 3. The summed E-state index contributed by atoms with van der Waals surface area (Å²) in [6.07, 6.45) is 3.79. The van der Waals surface area contributed by atoms with Crippen LogP contribution in [0.4, 0.5) is 0 Å². The van der Waals surface area contributed by atoms with Crippen molar-refractivity contribution in [3.05, 3.63) is 39.6 Å². The maximum Gasteiger partial charge on any atom is 0.225 e. The quantitative estimate of drug-likeness (QED) is 0.714. The van der Waals surface area contributed by atoms with Crippen LogP contribution < -0.4 is 10.1 Å². The van der Waals surface area contributed by atoms with Crippen molar-refractivity contribution in [1.82, 2.24) is 25.2 Å². The predicted molar refractivity (Wildman–Crippen MR) is 114 cm³/mol. The van der Waals surface area contributed by atoms with Crippen LogP contribution in [0.5, 0.6) is 5.75 Å². The summed E-state index contributed by atoms with van der Waals surface area (Å²) in [5.74, 6) is 1.22. The molecule has 156 valence electrons. The molecule has 1 saturated heterocycles. The van der Waals surface area contributed by atoms with Gasteiger partial charge in [-0.1, -0.05) is 28.1 Å². The Morgan fingerprint density at radius 1 is 1.38 bits per heavy atom. The fraction of sp³-hybridized carbons (Fsp3) is 0.571. The molecule has 0 spiro atoms. The zero-order valence-electron chi connectivity index (χ0n) is 17.2. The molecular formula is C21H28BrN5O2. The number of carbonyl (C=O) groups is 1. The summed E-state index contributed by atoms with van der Waals surface area (Å²) in [6.45, 7) is 8.91. The minimum Gasteiger partial charge on any atom is -0.487 e. The zero-order chi connectivity index (χ0) is 20.5. The molecule has 2 atom stereocenters. The molecule has 2 aliphatic rings. The van der Waals surface area contributed by atoms with Crippen LogP contribution >= 0.6 is 15.9 Å². The van der Waals surface area contributed by atoms with Crippen molar-refractivity contribution >= 4 is 21.8 Å². The van der Waals surface area contributed by atoms with Crippen molar-refractivity contribution in [3.63, 3.8) is 0 Å². The maximum atomic E-state index is 12.5. The van der Waals surface area contributed by atoms with Crippen LogP contribution in [-0.4, -0.2) is 45.4 Å². The van der Waals surface area contributed by atoms with Crippen LogP contribution in [-0.2, 0) is 17.8 Å². The molecule has 1 aromatic heterocycles. The number of ether oxygens (including phenoxy) is 1. The first kappa shape index (κ1) is 20.3. The van der Waals surface area contributed by atoms with Crippen molar-refractivity contribution in [2.45, 2.75) is 52.3 Å². The topological polar surface area (TPSA) is 72.3 Å². The van der Waals surface area contributed by atoms with Gasteiger partial charge in [-0.2, -0.15) is 0 Å². The molecule has 3 heterocycles. The van der Waals surface area contributed by atoms with Gasteiger partial charge in [0, 0.05) is 35.1 Å². The summed E-state index contributed by atoms with van der Waals surface area (Å²) in [5.41, 5.74) is 3.21. The van der Waals surface area contributed by atoms with E-state index in [0.29, 0.717) is 13.2 Å². The molecule has 1 N–H and O–H groups in total. The first-order chi connectivity index (χ1) is 13.9. The second kappa shape index (κ2) is 8.44. The lowest BCUT2D eigenvalue weighted by atomic mass is 9.93. The Balaban J connectivity index is 1.56. The number of hydrogen-bond donors (Lipinski definition) is 1. The van der Waals surface area contributed by atoms with Crippen LogP contribution in [0.25, 0.3) is 0 Å². The van der Waals surface area contributed by atoms with E-state index in [2.05, 4.69) is 45.4 Å². The summed E-state index contributed by atoms with van der Waals surface area (Å²) in [4.78, 5) is 14.4. The van der Waals surface area contributed by atoms with E-state index in [-0.39, 0.29) is 23.9 Å². The number of rotatable bonds is 6. The molecule has 7 nitrogen and oxygen atoms in total. The van der Waals surface area contributed by atoms with Gasteiger partial charge < -0.3 is 15.0 Å². The van der Waals surface area contributed by atoms with Gasteiger partial charge in [-0.25, -0.2) is 4.68 Å². The Hall–Kier alpha value is -1.93. The van der Waals surface area contributed by atoms with Crippen molar-refractivity contribution in [3.8, 4) is 5.75 Å². The molecule has 2 aromatic rings. The second-order valence-corrected chi connectivity index (χ2v) is 9.10. The number of nitrogens with zero attached hydrogens (tertiary/aromatic N) is 4. The fourth-order valence-corrected chi connectivity index (χ4v) is 4.63. The third-order valence-electron chi connectivity index (χ3n) is 5.80. The van der Waals surface area contributed by atoms with Crippen LogP contribution in [0, 0.1) is 5.92 Å². The molecule has 1 fully saturated rings. The summed E-state index contributed by atoms with van der Waals surface area (Å²) in [6, 6.07) is 4.38. The van der Waals surface area contributed by atoms with E-state index < -0.39 is 0 Å². The average Bonchev–Trinajstić information content (AvgIpc) is 3.30. The van der Waals surface area contributed by atoms with Crippen LogP contribution in [0.2, 0.25) is 0 Å². The standard InChI is InChI=1S/C21H28BrN5O2/c1-13(2)27-10-15(24-25-27)12-29-19-5-4-17(22)16-6-8-23-18(20(16)19)11-26-9-7-14(3)21(26)28/h4-5,10,13-14,18,23H,6-9,11-12H2,1-3H3/t14?,18-/m1/s1. The molecule has 1 amide bonds. The number of amides is 1. The minimum atomic E-state index is 0.0619. The molecular weight excluding hydrogens is 434 g/mol. The van der Waals surface area contributed by atoms with E-state index in [1.165, 1.54) is 5.56 Å². The lowest BCUT2D eigenvalue weighted by Gasteiger charge is -2.32. The second-order valence-electron chi connectivity index (χ2n) is 8.24. The van der Waals surface area contributed by atoms with Gasteiger partial charge >= 0.3 is 0 Å². The SMILES string of the molecule is CC1CCN(C[C@H]2NCCc3c(Br)ccc(OCc4cn(C(C)C)nn4)c32)C1=O. The third kappa shape index (κ3) is 4.19. The highest BCUT2D eigenvalue weighted by Crippen LogP contribution is 2.37. The van der Waals surface area contributed by atoms with Crippen LogP contribution in [0.15, 0.2) is 22.8 Å². The number of fused-ring (bicyclic) bond motifs is 1. The molecule has 8 heteroatoms. The van der Waals surface area contributed by atoms with Gasteiger partial charge in [0.05, 0.1) is 12.2 Å². The monoisotopic (exact) mass is 461 g/mol.